The number of aromatic nitrogens is 4. The Morgan fingerprint density at radius 2 is 0.770 bits per heavy atom. The first-order valence-electron chi connectivity index (χ1n) is 17.4. The van der Waals surface area contributed by atoms with Gasteiger partial charge in [-0.3, -0.25) is 0 Å². The maximum atomic E-state index is 12.7. The number of fused-ring (bicyclic) bond motifs is 2. The van der Waals surface area contributed by atoms with Gasteiger partial charge in [0.05, 0.1) is 43.9 Å². The van der Waals surface area contributed by atoms with Crippen molar-refractivity contribution in [3.63, 3.8) is 0 Å². The molecule has 8 rings (SSSR count). The predicted molar refractivity (Wildman–Crippen MR) is 210 cm³/mol. The topological polar surface area (TPSA) is 292 Å². The molecule has 0 saturated heterocycles. The summed E-state index contributed by atoms with van der Waals surface area (Å²) >= 11 is 0. The fraction of sp³-hybridized carbons (Fsp3) is 0.0500. The predicted octanol–water partition coefficient (Wildman–Crippen LogP) is 5.94. The number of aryl methyl sites for hydroxylation is 2. The molecule has 307 valence electrons. The number of rotatable bonds is 8. The third kappa shape index (κ3) is 8.83. The van der Waals surface area contributed by atoms with Crippen molar-refractivity contribution in [1.29, 1.82) is 0 Å². The smallest absolute Gasteiger partial charge is 0.871 e. The van der Waals surface area contributed by atoms with Crippen molar-refractivity contribution in [2.75, 3.05) is 0 Å². The van der Waals surface area contributed by atoms with Gasteiger partial charge in [0, 0.05) is 33.3 Å². The molecule has 0 aliphatic heterocycles. The van der Waals surface area contributed by atoms with Gasteiger partial charge in [-0.05, 0) is 50.2 Å². The van der Waals surface area contributed by atoms with E-state index in [0.717, 1.165) is 12.1 Å². The summed E-state index contributed by atoms with van der Waals surface area (Å²) < 4.78 is 71.4. The molecule has 0 fully saturated rings. The van der Waals surface area contributed by atoms with Crippen molar-refractivity contribution in [2.24, 2.45) is 20.5 Å². The van der Waals surface area contributed by atoms with Gasteiger partial charge in [0.15, 0.2) is 0 Å². The maximum absolute atomic E-state index is 12.7. The van der Waals surface area contributed by atoms with Gasteiger partial charge >= 0.3 is 21.6 Å². The van der Waals surface area contributed by atoms with E-state index in [9.17, 15) is 46.4 Å². The first kappa shape index (κ1) is 43.6. The fourth-order valence-electron chi connectivity index (χ4n) is 6.14. The molecule has 21 heteroatoms. The van der Waals surface area contributed by atoms with Gasteiger partial charge in [-0.2, -0.15) is 20.4 Å². The second-order valence-electron chi connectivity index (χ2n) is 12.8. The maximum Gasteiger partial charge on any atom is 3.00 e. The number of hydrogen-bond donors (Lipinski definition) is 0. The minimum absolute atomic E-state index is 0. The standard InChI is InChI=1S/2C20H16N4O5S.Cr/c2*1-12-18(20(26)24(23-12)13-7-3-2-4-8-13)21-22-19-15-10-6-5-9-14(15)17(11-16(19)25)30(27,28)29;/h2*2-11,25-26H,1H3,(H,27,28,29);/q;;+3/p-3. The van der Waals surface area contributed by atoms with Crippen LogP contribution in [0.15, 0.2) is 152 Å². The molecule has 0 atom stereocenters. The van der Waals surface area contributed by atoms with E-state index in [4.69, 9.17) is 0 Å². The molecule has 0 amide bonds. The van der Waals surface area contributed by atoms with E-state index in [-0.39, 0.29) is 65.9 Å². The zero-order valence-electron chi connectivity index (χ0n) is 34.4. The normalized spacial score (nSPS) is 11.9. The molecule has 0 aliphatic rings. The minimum Gasteiger partial charge on any atom is -0.871 e. The van der Waals surface area contributed by atoms with Crippen LogP contribution in [0.4, 0.5) is 22.7 Å². The van der Waals surface area contributed by atoms with Gasteiger partial charge in [-0.25, -0.2) is 26.2 Å². The van der Waals surface area contributed by atoms with Crippen LogP contribution in [0.1, 0.15) is 15.7 Å². The number of benzene rings is 6. The van der Waals surface area contributed by atoms with E-state index in [1.807, 2.05) is 0 Å². The number of nitrogens with zero attached hydrogens (tertiary/aromatic N) is 8. The van der Waals surface area contributed by atoms with Crippen molar-refractivity contribution in [3.05, 3.63) is 133 Å². The van der Waals surface area contributed by atoms with E-state index in [2.05, 4.69) is 30.7 Å². The van der Waals surface area contributed by atoms with Crippen LogP contribution in [0.3, 0.4) is 0 Å². The van der Waals surface area contributed by atoms with E-state index in [1.165, 1.54) is 45.8 Å². The molecule has 61 heavy (non-hydrogen) atoms. The van der Waals surface area contributed by atoms with Gasteiger partial charge in [-0.15, -0.1) is 10.2 Å². The third-order valence-corrected chi connectivity index (χ3v) is 10.7. The number of hydrogen-bond acceptors (Lipinski definition) is 16. The van der Waals surface area contributed by atoms with E-state index in [0.29, 0.717) is 22.8 Å². The van der Waals surface area contributed by atoms with Crippen molar-refractivity contribution < 1.29 is 68.0 Å². The van der Waals surface area contributed by atoms with Crippen molar-refractivity contribution >= 4 is 64.5 Å². The first-order chi connectivity index (χ1) is 28.5. The summed E-state index contributed by atoms with van der Waals surface area (Å²) in [4.78, 5) is -1.25. The molecule has 0 saturated carbocycles. The molecule has 0 N–H and O–H groups in total. The van der Waals surface area contributed by atoms with Crippen LogP contribution in [0.5, 0.6) is 23.3 Å². The molecule has 0 spiro atoms. The van der Waals surface area contributed by atoms with Gasteiger partial charge in [0.25, 0.3) is 0 Å². The van der Waals surface area contributed by atoms with Crippen LogP contribution in [0, 0.1) is 13.8 Å². The second-order valence-corrected chi connectivity index (χ2v) is 15.5. The first-order valence-corrected chi connectivity index (χ1v) is 20.2. The summed E-state index contributed by atoms with van der Waals surface area (Å²) in [6.07, 6.45) is 0. The second kappa shape index (κ2) is 17.3. The molecule has 1 radical (unpaired) electrons. The molecule has 0 bridgehead atoms. The largest absolute Gasteiger partial charge is 3.00 e. The molecule has 0 unspecified atom stereocenters. The Morgan fingerprint density at radius 1 is 0.475 bits per heavy atom. The summed E-state index contributed by atoms with van der Waals surface area (Å²) in [5.41, 5.74) is 1.25. The summed E-state index contributed by atoms with van der Waals surface area (Å²) in [6, 6.07) is 30.8. The number of azo groups is 2. The summed E-state index contributed by atoms with van der Waals surface area (Å²) in [5, 5.41) is 74.7. The fourth-order valence-corrected chi connectivity index (χ4v) is 7.54. The average Bonchev–Trinajstić information content (AvgIpc) is 3.68. The van der Waals surface area contributed by atoms with Gasteiger partial charge < -0.3 is 29.5 Å². The zero-order valence-corrected chi connectivity index (χ0v) is 34.3. The van der Waals surface area contributed by atoms with Crippen LogP contribution >= 0.6 is 0 Å². The Labute approximate surface area is 362 Å². The molecule has 8 aromatic rings. The molecular formula is C40H29CrN8O10S2. The van der Waals surface area contributed by atoms with Crippen LogP contribution in [-0.4, -0.2) is 45.5 Å². The Kier molecular flexibility index (Phi) is 12.4. The van der Waals surface area contributed by atoms with Crippen molar-refractivity contribution in [3.8, 4) is 34.6 Å². The van der Waals surface area contributed by atoms with Gasteiger partial charge in [0.2, 0.25) is 0 Å². The molecule has 2 aromatic heterocycles. The van der Waals surface area contributed by atoms with E-state index < -0.39 is 53.3 Å². The molecule has 6 aromatic carbocycles. The summed E-state index contributed by atoms with van der Waals surface area (Å²) in [6.45, 7) is 3.16. The Bertz CT molecular complexity index is 3030. The SMILES string of the molecule is Cc1nn(-c2ccccc2)c([O-])c1N=Nc1c([O-])cc(S(=O)(=O)[O-])c2ccccc12.Cc1nn(-c2ccccc2)c([O-])c1N=Nc1c([O-])cc(S(=O)(=O)[O-])c2ccccc12.[Cr+3].[H+].[H+].[H+]. The Balaban J connectivity index is 0.000000320. The minimum atomic E-state index is -4.86. The van der Waals surface area contributed by atoms with Crippen LogP contribution < -0.4 is 20.4 Å². The Morgan fingerprint density at radius 3 is 1.10 bits per heavy atom. The van der Waals surface area contributed by atoms with Gasteiger partial charge in [0.1, 0.15) is 31.6 Å². The number of para-hydroxylation sites is 2. The van der Waals surface area contributed by atoms with Crippen LogP contribution in [0.25, 0.3) is 32.9 Å². The van der Waals surface area contributed by atoms with Gasteiger partial charge in [-0.1, -0.05) is 96.4 Å². The van der Waals surface area contributed by atoms with Crippen molar-refractivity contribution in [1.82, 2.24) is 19.6 Å². The van der Waals surface area contributed by atoms with Crippen LogP contribution in [0.2, 0.25) is 0 Å². The zero-order chi connectivity index (χ0) is 42.9. The van der Waals surface area contributed by atoms with E-state index >= 15 is 0 Å². The summed E-state index contributed by atoms with van der Waals surface area (Å²) in [5.74, 6) is -2.63. The average molecular weight is 898 g/mol. The Hall–Kier alpha value is -6.99. The third-order valence-electron chi connectivity index (χ3n) is 8.90. The summed E-state index contributed by atoms with van der Waals surface area (Å²) in [7, 11) is -9.72. The molecule has 18 nitrogen and oxygen atoms in total. The molecule has 2 heterocycles. The molecular weight excluding hydrogens is 869 g/mol. The van der Waals surface area contributed by atoms with E-state index in [1.54, 1.807) is 86.6 Å². The van der Waals surface area contributed by atoms with Crippen molar-refractivity contribution in [2.45, 2.75) is 23.6 Å². The monoisotopic (exact) mass is 897 g/mol. The van der Waals surface area contributed by atoms with Crippen LogP contribution in [-0.2, 0) is 37.6 Å². The quantitative estimate of drug-likeness (QED) is 0.127. The molecule has 0 aliphatic carbocycles.